The van der Waals surface area contributed by atoms with Crippen molar-refractivity contribution in [3.8, 4) is 5.75 Å². The lowest BCUT2D eigenvalue weighted by Crippen LogP contribution is -2.30. The predicted molar refractivity (Wildman–Crippen MR) is 111 cm³/mol. The molecule has 8 nitrogen and oxygen atoms in total. The van der Waals surface area contributed by atoms with Crippen LogP contribution in [0, 0.1) is 6.92 Å². The standard InChI is InChI=1S/C22H27N5O3/c1-15-13-17(6-7-18(15)29-3)14-26-9-8-20-24-25-21(27(20)11-10-26)16(2)23-22(28)19-5-4-12-30-19/h4-7,12-13,16H,8-11,14H2,1-3H3,(H,23,28)/t16-/m1/s1. The maximum Gasteiger partial charge on any atom is 0.287 e. The summed E-state index contributed by atoms with van der Waals surface area (Å²) in [6.07, 6.45) is 2.31. The van der Waals surface area contributed by atoms with Crippen molar-refractivity contribution in [3.05, 3.63) is 65.1 Å². The van der Waals surface area contributed by atoms with Gasteiger partial charge in [0.2, 0.25) is 0 Å². The molecule has 0 bridgehead atoms. The van der Waals surface area contributed by atoms with E-state index in [1.165, 1.54) is 11.8 Å². The summed E-state index contributed by atoms with van der Waals surface area (Å²) in [5, 5.41) is 11.7. The van der Waals surface area contributed by atoms with Gasteiger partial charge in [0.25, 0.3) is 5.91 Å². The Bertz CT molecular complexity index is 1010. The van der Waals surface area contributed by atoms with Crippen molar-refractivity contribution in [2.45, 2.75) is 39.4 Å². The number of nitrogens with zero attached hydrogens (tertiary/aromatic N) is 4. The monoisotopic (exact) mass is 409 g/mol. The molecule has 1 aliphatic rings. The third kappa shape index (κ3) is 4.23. The number of nitrogens with one attached hydrogen (secondary N) is 1. The van der Waals surface area contributed by atoms with E-state index < -0.39 is 0 Å². The van der Waals surface area contributed by atoms with Crippen LogP contribution in [-0.2, 0) is 19.5 Å². The second-order valence-electron chi connectivity index (χ2n) is 7.63. The van der Waals surface area contributed by atoms with Crippen LogP contribution in [0.3, 0.4) is 0 Å². The van der Waals surface area contributed by atoms with Gasteiger partial charge in [-0.2, -0.15) is 0 Å². The average Bonchev–Trinajstić information content (AvgIpc) is 3.37. The Hall–Kier alpha value is -3.13. The first-order valence-electron chi connectivity index (χ1n) is 10.2. The van der Waals surface area contributed by atoms with Gasteiger partial charge in [-0.25, -0.2) is 0 Å². The van der Waals surface area contributed by atoms with E-state index in [0.29, 0.717) is 5.76 Å². The molecule has 3 aromatic rings. The van der Waals surface area contributed by atoms with Crippen LogP contribution < -0.4 is 10.1 Å². The summed E-state index contributed by atoms with van der Waals surface area (Å²) < 4.78 is 12.7. The predicted octanol–water partition coefficient (Wildman–Crippen LogP) is 2.74. The topological polar surface area (TPSA) is 85.4 Å². The minimum absolute atomic E-state index is 0.255. The molecule has 2 aromatic heterocycles. The first-order chi connectivity index (χ1) is 14.5. The van der Waals surface area contributed by atoms with E-state index in [1.54, 1.807) is 19.2 Å². The van der Waals surface area contributed by atoms with Crippen LogP contribution in [0.5, 0.6) is 5.75 Å². The van der Waals surface area contributed by atoms with Crippen LogP contribution in [0.2, 0.25) is 0 Å². The molecule has 3 heterocycles. The number of carbonyl (C=O) groups excluding carboxylic acids is 1. The highest BCUT2D eigenvalue weighted by Crippen LogP contribution is 2.21. The van der Waals surface area contributed by atoms with E-state index in [2.05, 4.69) is 44.0 Å². The molecule has 1 aromatic carbocycles. The Kier molecular flexibility index (Phi) is 5.85. The van der Waals surface area contributed by atoms with Crippen LogP contribution in [0.15, 0.2) is 41.0 Å². The molecule has 158 valence electrons. The molecule has 30 heavy (non-hydrogen) atoms. The van der Waals surface area contributed by atoms with E-state index in [0.717, 1.165) is 55.6 Å². The molecule has 1 atom stereocenters. The molecular weight excluding hydrogens is 382 g/mol. The minimum Gasteiger partial charge on any atom is -0.496 e. The second kappa shape index (κ2) is 8.71. The molecule has 8 heteroatoms. The second-order valence-corrected chi connectivity index (χ2v) is 7.63. The van der Waals surface area contributed by atoms with Crippen molar-refractivity contribution in [2.24, 2.45) is 0 Å². The van der Waals surface area contributed by atoms with Gasteiger partial charge in [-0.15, -0.1) is 10.2 Å². The molecule has 0 saturated heterocycles. The fourth-order valence-electron chi connectivity index (χ4n) is 3.90. The molecule has 0 radical (unpaired) electrons. The molecule has 0 fully saturated rings. The summed E-state index contributed by atoms with van der Waals surface area (Å²) in [4.78, 5) is 14.7. The zero-order chi connectivity index (χ0) is 21.1. The average molecular weight is 409 g/mol. The summed E-state index contributed by atoms with van der Waals surface area (Å²) in [6.45, 7) is 7.45. The van der Waals surface area contributed by atoms with Gasteiger partial charge < -0.3 is 19.0 Å². The van der Waals surface area contributed by atoms with Crippen molar-refractivity contribution < 1.29 is 13.9 Å². The van der Waals surface area contributed by atoms with Gasteiger partial charge in [-0.05, 0) is 43.2 Å². The molecule has 1 N–H and O–H groups in total. The Morgan fingerprint density at radius 3 is 2.87 bits per heavy atom. The van der Waals surface area contributed by atoms with E-state index >= 15 is 0 Å². The van der Waals surface area contributed by atoms with Crippen LogP contribution in [0.1, 0.15) is 46.3 Å². The van der Waals surface area contributed by atoms with E-state index in [9.17, 15) is 4.79 Å². The summed E-state index contributed by atoms with van der Waals surface area (Å²) in [7, 11) is 1.70. The van der Waals surface area contributed by atoms with E-state index in [4.69, 9.17) is 9.15 Å². The van der Waals surface area contributed by atoms with Crippen molar-refractivity contribution in [1.82, 2.24) is 25.0 Å². The summed E-state index contributed by atoms with van der Waals surface area (Å²) in [6, 6.07) is 9.40. The van der Waals surface area contributed by atoms with E-state index in [-0.39, 0.29) is 11.9 Å². The van der Waals surface area contributed by atoms with Gasteiger partial charge in [0.1, 0.15) is 11.6 Å². The number of fused-ring (bicyclic) bond motifs is 1. The number of amides is 1. The minimum atomic E-state index is -0.264. The Morgan fingerprint density at radius 1 is 1.27 bits per heavy atom. The third-order valence-corrected chi connectivity index (χ3v) is 5.49. The van der Waals surface area contributed by atoms with Gasteiger partial charge in [0.15, 0.2) is 11.6 Å². The quantitative estimate of drug-likeness (QED) is 0.674. The van der Waals surface area contributed by atoms with Crippen LogP contribution in [0.25, 0.3) is 0 Å². The van der Waals surface area contributed by atoms with Crippen LogP contribution >= 0.6 is 0 Å². The van der Waals surface area contributed by atoms with Gasteiger partial charge in [-0.3, -0.25) is 9.69 Å². The number of rotatable bonds is 6. The SMILES string of the molecule is COc1ccc(CN2CCc3nnc([C@@H](C)NC(=O)c4ccco4)n3CC2)cc1C. The van der Waals surface area contributed by atoms with Gasteiger partial charge in [0.05, 0.1) is 19.4 Å². The highest BCUT2D eigenvalue weighted by Gasteiger charge is 2.23. The number of ether oxygens (including phenoxy) is 1. The Morgan fingerprint density at radius 2 is 2.13 bits per heavy atom. The molecule has 0 aliphatic carbocycles. The molecular formula is C22H27N5O3. The number of benzene rings is 1. The van der Waals surface area contributed by atoms with Crippen molar-refractivity contribution in [2.75, 3.05) is 20.2 Å². The summed E-state index contributed by atoms with van der Waals surface area (Å²) in [5.74, 6) is 2.67. The number of hydrogen-bond acceptors (Lipinski definition) is 6. The molecule has 1 amide bonds. The lowest BCUT2D eigenvalue weighted by Gasteiger charge is -2.20. The highest BCUT2D eigenvalue weighted by atomic mass is 16.5. The first kappa shape index (κ1) is 20.2. The fourth-order valence-corrected chi connectivity index (χ4v) is 3.90. The number of aryl methyl sites for hydroxylation is 1. The highest BCUT2D eigenvalue weighted by molar-refractivity contribution is 5.91. The van der Waals surface area contributed by atoms with Crippen molar-refractivity contribution >= 4 is 5.91 Å². The Labute approximate surface area is 175 Å². The molecule has 4 rings (SSSR count). The smallest absolute Gasteiger partial charge is 0.287 e. The molecule has 1 aliphatic heterocycles. The largest absolute Gasteiger partial charge is 0.496 e. The number of carbonyl (C=O) groups is 1. The molecule has 0 spiro atoms. The lowest BCUT2D eigenvalue weighted by molar-refractivity contribution is 0.0909. The fraction of sp³-hybridized carbons (Fsp3) is 0.409. The normalized spacial score (nSPS) is 15.3. The zero-order valence-electron chi connectivity index (χ0n) is 17.6. The molecule has 0 saturated carbocycles. The number of hydrogen-bond donors (Lipinski definition) is 1. The summed E-state index contributed by atoms with van der Waals surface area (Å²) >= 11 is 0. The number of aromatic nitrogens is 3. The van der Waals surface area contributed by atoms with Crippen LogP contribution in [-0.4, -0.2) is 45.8 Å². The van der Waals surface area contributed by atoms with Crippen molar-refractivity contribution in [3.63, 3.8) is 0 Å². The van der Waals surface area contributed by atoms with E-state index in [1.807, 2.05) is 13.0 Å². The Balaban J connectivity index is 1.41. The van der Waals surface area contributed by atoms with Gasteiger partial charge in [-0.1, -0.05) is 12.1 Å². The van der Waals surface area contributed by atoms with Crippen LogP contribution in [0.4, 0.5) is 0 Å². The number of furan rings is 1. The third-order valence-electron chi connectivity index (χ3n) is 5.49. The number of methoxy groups -OCH3 is 1. The maximum atomic E-state index is 12.3. The maximum absolute atomic E-state index is 12.3. The zero-order valence-corrected chi connectivity index (χ0v) is 17.6. The van der Waals surface area contributed by atoms with Crippen molar-refractivity contribution in [1.29, 1.82) is 0 Å². The lowest BCUT2D eigenvalue weighted by atomic mass is 10.1. The van der Waals surface area contributed by atoms with Gasteiger partial charge in [0, 0.05) is 32.6 Å². The molecule has 0 unspecified atom stereocenters. The first-order valence-corrected chi connectivity index (χ1v) is 10.2. The van der Waals surface area contributed by atoms with Gasteiger partial charge >= 0.3 is 0 Å². The summed E-state index contributed by atoms with van der Waals surface area (Å²) in [5.41, 5.74) is 2.41.